The highest BCUT2D eigenvalue weighted by Crippen LogP contribution is 2.38. The van der Waals surface area contributed by atoms with E-state index in [-0.39, 0.29) is 18.6 Å². The molecule has 2 rings (SSSR count). The summed E-state index contributed by atoms with van der Waals surface area (Å²) in [7, 11) is 4.54. The molecule has 1 amide bonds. The number of esters is 1. The Hall–Kier alpha value is -3.48. The van der Waals surface area contributed by atoms with Crippen LogP contribution in [0, 0.1) is 0 Å². The first-order chi connectivity index (χ1) is 15.0. The monoisotopic (exact) mass is 427 g/mol. The van der Waals surface area contributed by atoms with Gasteiger partial charge in [0.25, 0.3) is 5.91 Å². The second-order valence-electron chi connectivity index (χ2n) is 6.72. The molecule has 31 heavy (non-hydrogen) atoms. The lowest BCUT2D eigenvalue weighted by Gasteiger charge is -2.18. The smallest absolute Gasteiger partial charge is 0.331 e. The number of rotatable bonds is 11. The van der Waals surface area contributed by atoms with Crippen molar-refractivity contribution in [1.82, 2.24) is 5.32 Å². The molecular weight excluding hydrogens is 398 g/mol. The molecule has 1 atom stereocenters. The quantitative estimate of drug-likeness (QED) is 0.432. The first kappa shape index (κ1) is 23.8. The molecule has 2 aromatic carbocycles. The van der Waals surface area contributed by atoms with E-state index in [0.717, 1.165) is 18.4 Å². The molecule has 2 aromatic rings. The fraction of sp³-hybridized carbons (Fsp3) is 0.333. The number of hydrogen-bond donors (Lipinski definition) is 1. The van der Waals surface area contributed by atoms with E-state index in [1.807, 2.05) is 30.3 Å². The molecule has 1 N–H and O–H groups in total. The van der Waals surface area contributed by atoms with Crippen molar-refractivity contribution in [3.8, 4) is 17.2 Å². The van der Waals surface area contributed by atoms with Crippen LogP contribution in [0.2, 0.25) is 0 Å². The minimum absolute atomic E-state index is 0.118. The Morgan fingerprint density at radius 1 is 1.00 bits per heavy atom. The van der Waals surface area contributed by atoms with Gasteiger partial charge < -0.3 is 24.3 Å². The van der Waals surface area contributed by atoms with Gasteiger partial charge in [-0.1, -0.05) is 43.7 Å². The van der Waals surface area contributed by atoms with Crippen LogP contribution in [0.1, 0.15) is 36.9 Å². The zero-order chi connectivity index (χ0) is 22.6. The maximum atomic E-state index is 12.3. The van der Waals surface area contributed by atoms with Crippen molar-refractivity contribution in [1.29, 1.82) is 0 Å². The second kappa shape index (κ2) is 12.3. The van der Waals surface area contributed by atoms with Gasteiger partial charge in [-0.05, 0) is 35.8 Å². The van der Waals surface area contributed by atoms with Gasteiger partial charge in [-0.2, -0.15) is 0 Å². The van der Waals surface area contributed by atoms with Crippen LogP contribution in [-0.2, 0) is 14.3 Å². The van der Waals surface area contributed by atoms with Crippen LogP contribution >= 0.6 is 0 Å². The molecule has 7 heteroatoms. The lowest BCUT2D eigenvalue weighted by molar-refractivity contribution is -0.144. The number of amides is 1. The van der Waals surface area contributed by atoms with Crippen molar-refractivity contribution in [2.24, 2.45) is 0 Å². The molecule has 166 valence electrons. The molecule has 0 aliphatic carbocycles. The van der Waals surface area contributed by atoms with Crippen LogP contribution in [0.4, 0.5) is 0 Å². The summed E-state index contributed by atoms with van der Waals surface area (Å²) < 4.78 is 20.9. The zero-order valence-electron chi connectivity index (χ0n) is 18.3. The maximum Gasteiger partial charge on any atom is 0.331 e. The Bertz CT molecular complexity index is 869. The van der Waals surface area contributed by atoms with Crippen molar-refractivity contribution in [2.75, 3.05) is 27.9 Å². The summed E-state index contributed by atoms with van der Waals surface area (Å²) in [6, 6.07) is 13.0. The molecule has 0 spiro atoms. The van der Waals surface area contributed by atoms with Gasteiger partial charge >= 0.3 is 5.97 Å². The van der Waals surface area contributed by atoms with Gasteiger partial charge in [-0.25, -0.2) is 4.79 Å². The molecular formula is C24H29NO6. The van der Waals surface area contributed by atoms with E-state index < -0.39 is 5.97 Å². The Kier molecular flexibility index (Phi) is 9.42. The third kappa shape index (κ3) is 7.06. The lowest BCUT2D eigenvalue weighted by Crippen LogP contribution is -2.32. The molecule has 0 radical (unpaired) electrons. The molecule has 0 unspecified atom stereocenters. The number of methoxy groups -OCH3 is 3. The molecule has 0 saturated carbocycles. The zero-order valence-corrected chi connectivity index (χ0v) is 18.3. The van der Waals surface area contributed by atoms with Gasteiger partial charge in [0.1, 0.15) is 0 Å². The van der Waals surface area contributed by atoms with Gasteiger partial charge in [-0.15, -0.1) is 0 Å². The molecule has 7 nitrogen and oxygen atoms in total. The van der Waals surface area contributed by atoms with E-state index in [1.165, 1.54) is 27.4 Å². The lowest BCUT2D eigenvalue weighted by atomic mass is 10.0. The Balaban J connectivity index is 1.95. The highest BCUT2D eigenvalue weighted by molar-refractivity contribution is 5.89. The predicted molar refractivity (Wildman–Crippen MR) is 118 cm³/mol. The molecule has 0 heterocycles. The third-order valence-corrected chi connectivity index (χ3v) is 4.56. The van der Waals surface area contributed by atoms with Crippen LogP contribution in [0.25, 0.3) is 6.08 Å². The van der Waals surface area contributed by atoms with Crippen molar-refractivity contribution in [3.63, 3.8) is 0 Å². The van der Waals surface area contributed by atoms with E-state index in [1.54, 1.807) is 18.2 Å². The first-order valence-corrected chi connectivity index (χ1v) is 10.0. The molecule has 0 bridgehead atoms. The number of hydrogen-bond acceptors (Lipinski definition) is 6. The van der Waals surface area contributed by atoms with Crippen LogP contribution in [0.15, 0.2) is 48.5 Å². The Labute approximate surface area is 183 Å². The van der Waals surface area contributed by atoms with Gasteiger partial charge in [0.05, 0.1) is 27.4 Å². The average Bonchev–Trinajstić information content (AvgIpc) is 2.80. The van der Waals surface area contributed by atoms with Crippen molar-refractivity contribution >= 4 is 18.0 Å². The number of carbonyl (C=O) groups is 2. The summed E-state index contributed by atoms with van der Waals surface area (Å²) in [5.74, 6) is 0.420. The molecule has 0 aromatic heterocycles. The van der Waals surface area contributed by atoms with Crippen LogP contribution in [0.3, 0.4) is 0 Å². The van der Waals surface area contributed by atoms with Gasteiger partial charge in [-0.3, -0.25) is 4.79 Å². The van der Waals surface area contributed by atoms with E-state index in [9.17, 15) is 9.59 Å². The van der Waals surface area contributed by atoms with Crippen LogP contribution in [-0.4, -0.2) is 39.8 Å². The molecule has 0 fully saturated rings. The van der Waals surface area contributed by atoms with E-state index >= 15 is 0 Å². The Morgan fingerprint density at radius 2 is 1.65 bits per heavy atom. The summed E-state index contributed by atoms with van der Waals surface area (Å²) in [5, 5.41) is 2.92. The third-order valence-electron chi connectivity index (χ3n) is 4.56. The summed E-state index contributed by atoms with van der Waals surface area (Å²) in [4.78, 5) is 24.3. The number of nitrogens with one attached hydrogen (secondary N) is 1. The normalized spacial score (nSPS) is 11.6. The molecule has 0 saturated heterocycles. The number of benzene rings is 2. The predicted octanol–water partition coefficient (Wildman–Crippen LogP) is 3.93. The SMILES string of the molecule is CCC[C@H](NC(=O)COC(=O)/C=C/c1cc(OC)c(OC)c(OC)c1)c1ccccc1. The van der Waals surface area contributed by atoms with Crippen LogP contribution in [0.5, 0.6) is 17.2 Å². The van der Waals surface area contributed by atoms with Gasteiger partial charge in [0.15, 0.2) is 18.1 Å². The minimum atomic E-state index is -0.629. The van der Waals surface area contributed by atoms with Gasteiger partial charge in [0, 0.05) is 6.08 Å². The average molecular weight is 427 g/mol. The maximum absolute atomic E-state index is 12.3. The molecule has 0 aliphatic heterocycles. The summed E-state index contributed by atoms with van der Waals surface area (Å²) in [5.41, 5.74) is 1.68. The van der Waals surface area contributed by atoms with Crippen molar-refractivity contribution < 1.29 is 28.5 Å². The Morgan fingerprint density at radius 3 is 2.19 bits per heavy atom. The topological polar surface area (TPSA) is 83.1 Å². The number of carbonyl (C=O) groups excluding carboxylic acids is 2. The van der Waals surface area contributed by atoms with Crippen LogP contribution < -0.4 is 19.5 Å². The van der Waals surface area contributed by atoms with Crippen molar-refractivity contribution in [3.05, 3.63) is 59.7 Å². The van der Waals surface area contributed by atoms with Crippen molar-refractivity contribution in [2.45, 2.75) is 25.8 Å². The summed E-state index contributed by atoms with van der Waals surface area (Å²) in [6.45, 7) is 1.70. The fourth-order valence-corrected chi connectivity index (χ4v) is 3.08. The largest absolute Gasteiger partial charge is 0.493 e. The van der Waals surface area contributed by atoms with E-state index in [2.05, 4.69) is 12.2 Å². The highest BCUT2D eigenvalue weighted by Gasteiger charge is 2.15. The van der Waals surface area contributed by atoms with E-state index in [4.69, 9.17) is 18.9 Å². The highest BCUT2D eigenvalue weighted by atomic mass is 16.5. The summed E-state index contributed by atoms with van der Waals surface area (Å²) in [6.07, 6.45) is 4.51. The van der Waals surface area contributed by atoms with E-state index in [0.29, 0.717) is 22.8 Å². The first-order valence-electron chi connectivity index (χ1n) is 10.0. The fourth-order valence-electron chi connectivity index (χ4n) is 3.08. The second-order valence-corrected chi connectivity index (χ2v) is 6.72. The molecule has 0 aliphatic rings. The minimum Gasteiger partial charge on any atom is -0.493 e. The summed E-state index contributed by atoms with van der Waals surface area (Å²) >= 11 is 0. The van der Waals surface area contributed by atoms with Gasteiger partial charge in [0.2, 0.25) is 5.75 Å². The number of ether oxygens (including phenoxy) is 4. The standard InChI is InChI=1S/C24H29NO6/c1-5-9-19(18-10-7-6-8-11-18)25-22(26)16-31-23(27)13-12-17-14-20(28-2)24(30-4)21(15-17)29-3/h6-8,10-15,19H,5,9,16H2,1-4H3,(H,25,26)/b13-12+/t19-/m0/s1.